The summed E-state index contributed by atoms with van der Waals surface area (Å²) in [4.78, 5) is 28.3. The van der Waals surface area contributed by atoms with Gasteiger partial charge >= 0.3 is 0 Å². The second kappa shape index (κ2) is 12.1. The Morgan fingerprint density at radius 1 is 0.879 bits per heavy atom. The smallest absolute Gasteiger partial charge is 0.243 e. The molecule has 0 spiro atoms. The van der Waals surface area contributed by atoms with Gasteiger partial charge in [0, 0.05) is 34.6 Å². The average Bonchev–Trinajstić information content (AvgIpc) is 2.78. The first-order chi connectivity index (χ1) is 15.9. The largest absolute Gasteiger partial charge is 0.355 e. The van der Waals surface area contributed by atoms with E-state index in [0.29, 0.717) is 33.6 Å². The fraction of sp³-hybridized carbons (Fsp3) is 0.231. The van der Waals surface area contributed by atoms with Gasteiger partial charge in [0.05, 0.1) is 6.42 Å². The Balaban J connectivity index is 1.98. The first kappa shape index (κ1) is 25.1. The number of benzene rings is 3. The molecule has 3 aromatic carbocycles. The molecule has 3 aromatic rings. The number of amides is 2. The summed E-state index contributed by atoms with van der Waals surface area (Å²) in [5.41, 5.74) is 2.44. The van der Waals surface area contributed by atoms with Gasteiger partial charge in [0.2, 0.25) is 11.8 Å². The van der Waals surface area contributed by atoms with Gasteiger partial charge in [0.25, 0.3) is 0 Å². The number of halogens is 3. The van der Waals surface area contributed by atoms with Crippen LogP contribution in [-0.4, -0.2) is 29.3 Å². The minimum atomic E-state index is -0.717. The van der Waals surface area contributed by atoms with Crippen LogP contribution in [-0.2, 0) is 29.0 Å². The second-order valence-corrected chi connectivity index (χ2v) is 8.94. The number of rotatable bonds is 9. The predicted molar refractivity (Wildman–Crippen MR) is 135 cm³/mol. The molecule has 0 saturated heterocycles. The molecule has 0 aliphatic heterocycles. The summed E-state index contributed by atoms with van der Waals surface area (Å²) in [6.45, 7) is 2.48. The molecule has 172 valence electrons. The zero-order valence-corrected chi connectivity index (χ0v) is 20.5. The maximum Gasteiger partial charge on any atom is 0.243 e. The third kappa shape index (κ3) is 7.23. The molecule has 1 N–H and O–H groups in total. The molecule has 7 heteroatoms. The zero-order chi connectivity index (χ0) is 23.8. The molecule has 0 bridgehead atoms. The van der Waals surface area contributed by atoms with Gasteiger partial charge in [-0.3, -0.25) is 9.59 Å². The summed E-state index contributed by atoms with van der Waals surface area (Å²) < 4.78 is 0. The van der Waals surface area contributed by atoms with Crippen molar-refractivity contribution in [1.29, 1.82) is 0 Å². The molecule has 0 fully saturated rings. The van der Waals surface area contributed by atoms with Crippen LogP contribution >= 0.6 is 34.8 Å². The lowest BCUT2D eigenvalue weighted by atomic mass is 10.0. The lowest BCUT2D eigenvalue weighted by Crippen LogP contribution is -2.51. The Bertz CT molecular complexity index is 1110. The molecule has 4 nitrogen and oxygen atoms in total. The Labute approximate surface area is 209 Å². The van der Waals surface area contributed by atoms with Crippen molar-refractivity contribution in [3.05, 3.63) is 105 Å². The lowest BCUT2D eigenvalue weighted by molar-refractivity contribution is -0.140. The third-order valence-electron chi connectivity index (χ3n) is 5.22. The fourth-order valence-corrected chi connectivity index (χ4v) is 4.28. The van der Waals surface area contributed by atoms with Crippen molar-refractivity contribution in [3.8, 4) is 0 Å². The van der Waals surface area contributed by atoms with Gasteiger partial charge in [0.1, 0.15) is 6.04 Å². The summed E-state index contributed by atoms with van der Waals surface area (Å²) in [6.07, 6.45) is 0.482. The molecular weight excluding hydrogens is 479 g/mol. The molecule has 0 heterocycles. The summed E-state index contributed by atoms with van der Waals surface area (Å²) in [7, 11) is 0. The summed E-state index contributed by atoms with van der Waals surface area (Å²) in [5, 5.41) is 4.38. The number of likely N-dealkylation sites (N-methyl/N-ethyl adjacent to an activating group) is 1. The van der Waals surface area contributed by atoms with Crippen LogP contribution in [0.1, 0.15) is 23.6 Å². The summed E-state index contributed by atoms with van der Waals surface area (Å²) in [6, 6.07) is 21.2. The van der Waals surface area contributed by atoms with Crippen molar-refractivity contribution in [2.45, 2.75) is 32.4 Å². The van der Waals surface area contributed by atoms with Crippen molar-refractivity contribution in [1.82, 2.24) is 10.2 Å². The topological polar surface area (TPSA) is 49.4 Å². The van der Waals surface area contributed by atoms with Crippen molar-refractivity contribution in [2.24, 2.45) is 0 Å². The second-order valence-electron chi connectivity index (χ2n) is 7.66. The molecule has 1 atom stereocenters. The van der Waals surface area contributed by atoms with Crippen LogP contribution in [0.3, 0.4) is 0 Å². The number of carbonyl (C=O) groups excluding carboxylic acids is 2. The van der Waals surface area contributed by atoms with E-state index in [1.807, 2.05) is 43.3 Å². The molecule has 0 aliphatic rings. The Hall–Kier alpha value is -2.53. The first-order valence-corrected chi connectivity index (χ1v) is 11.8. The average molecular weight is 504 g/mol. The van der Waals surface area contributed by atoms with Crippen LogP contribution in [0.15, 0.2) is 72.8 Å². The SMILES string of the molecule is CCNC(=O)[C@@H](Cc1ccccc1)N(Cc1ccc(Cl)cc1Cl)C(=O)Cc1cccc(Cl)c1. The molecule has 2 amide bonds. The zero-order valence-electron chi connectivity index (χ0n) is 18.2. The van der Waals surface area contributed by atoms with Crippen LogP contribution in [0.4, 0.5) is 0 Å². The molecular formula is C26H25Cl3N2O2. The highest BCUT2D eigenvalue weighted by Crippen LogP contribution is 2.25. The number of nitrogens with one attached hydrogen (secondary N) is 1. The summed E-state index contributed by atoms with van der Waals surface area (Å²) in [5.74, 6) is -0.415. The van der Waals surface area contributed by atoms with Gasteiger partial charge in [-0.25, -0.2) is 0 Å². The van der Waals surface area contributed by atoms with E-state index in [9.17, 15) is 9.59 Å². The predicted octanol–water partition coefficient (Wildman–Crippen LogP) is 5.97. The van der Waals surface area contributed by atoms with Crippen molar-refractivity contribution >= 4 is 46.6 Å². The van der Waals surface area contributed by atoms with Gasteiger partial charge in [0.15, 0.2) is 0 Å². The Morgan fingerprint density at radius 3 is 2.24 bits per heavy atom. The van der Waals surface area contributed by atoms with Crippen molar-refractivity contribution < 1.29 is 9.59 Å². The highest BCUT2D eigenvalue weighted by atomic mass is 35.5. The molecule has 0 aromatic heterocycles. The Morgan fingerprint density at radius 2 is 1.58 bits per heavy atom. The van der Waals surface area contributed by atoms with E-state index in [2.05, 4.69) is 5.32 Å². The number of hydrogen-bond donors (Lipinski definition) is 1. The maximum atomic E-state index is 13.6. The minimum absolute atomic E-state index is 0.108. The number of hydrogen-bond acceptors (Lipinski definition) is 2. The highest BCUT2D eigenvalue weighted by Gasteiger charge is 2.30. The third-order valence-corrected chi connectivity index (χ3v) is 6.04. The van der Waals surface area contributed by atoms with Crippen LogP contribution in [0.5, 0.6) is 0 Å². The van der Waals surface area contributed by atoms with Gasteiger partial charge in [-0.2, -0.15) is 0 Å². The van der Waals surface area contributed by atoms with Crippen LogP contribution in [0.25, 0.3) is 0 Å². The van der Waals surface area contributed by atoms with E-state index in [0.717, 1.165) is 11.1 Å². The van der Waals surface area contributed by atoms with Crippen molar-refractivity contribution in [2.75, 3.05) is 6.54 Å². The fourth-order valence-electron chi connectivity index (χ4n) is 3.60. The van der Waals surface area contributed by atoms with Gasteiger partial charge in [-0.05, 0) is 47.9 Å². The normalized spacial score (nSPS) is 11.6. The standard InChI is InChI=1S/C26H25Cl3N2O2/c1-2-30-26(33)24(14-18-7-4-3-5-8-18)31(17-20-11-12-22(28)16-23(20)29)25(32)15-19-9-6-10-21(27)13-19/h3-13,16,24H,2,14-15,17H2,1H3,(H,30,33)/t24-/m1/s1. The van der Waals surface area contributed by atoms with Crippen LogP contribution < -0.4 is 5.32 Å². The first-order valence-electron chi connectivity index (χ1n) is 10.7. The van der Waals surface area contributed by atoms with E-state index in [4.69, 9.17) is 34.8 Å². The van der Waals surface area contributed by atoms with E-state index in [1.165, 1.54) is 0 Å². The molecule has 0 aliphatic carbocycles. The molecule has 0 unspecified atom stereocenters. The van der Waals surface area contributed by atoms with Crippen molar-refractivity contribution in [3.63, 3.8) is 0 Å². The van der Waals surface area contributed by atoms with Crippen LogP contribution in [0.2, 0.25) is 15.1 Å². The van der Waals surface area contributed by atoms with E-state index in [-0.39, 0.29) is 24.8 Å². The van der Waals surface area contributed by atoms with Gasteiger partial charge < -0.3 is 10.2 Å². The number of nitrogens with zero attached hydrogens (tertiary/aromatic N) is 1. The minimum Gasteiger partial charge on any atom is -0.355 e. The highest BCUT2D eigenvalue weighted by molar-refractivity contribution is 6.35. The monoisotopic (exact) mass is 502 g/mol. The van der Waals surface area contributed by atoms with Crippen LogP contribution in [0, 0.1) is 0 Å². The van der Waals surface area contributed by atoms with E-state index < -0.39 is 6.04 Å². The Kier molecular flexibility index (Phi) is 9.19. The maximum absolute atomic E-state index is 13.6. The summed E-state index contributed by atoms with van der Waals surface area (Å²) >= 11 is 18.6. The molecule has 33 heavy (non-hydrogen) atoms. The molecule has 0 saturated carbocycles. The van der Waals surface area contributed by atoms with E-state index in [1.54, 1.807) is 41.3 Å². The van der Waals surface area contributed by atoms with Gasteiger partial charge in [-0.1, -0.05) is 83.3 Å². The molecule has 0 radical (unpaired) electrons. The number of carbonyl (C=O) groups is 2. The quantitative estimate of drug-likeness (QED) is 0.391. The van der Waals surface area contributed by atoms with E-state index >= 15 is 0 Å². The molecule has 3 rings (SSSR count). The van der Waals surface area contributed by atoms with Gasteiger partial charge in [-0.15, -0.1) is 0 Å². The lowest BCUT2D eigenvalue weighted by Gasteiger charge is -2.32.